The zero-order chi connectivity index (χ0) is 14.5. The zero-order valence-corrected chi connectivity index (χ0v) is 13.5. The molecule has 0 saturated heterocycles. The molecule has 0 aliphatic heterocycles. The van der Waals surface area contributed by atoms with Crippen LogP contribution in [0.3, 0.4) is 0 Å². The van der Waals surface area contributed by atoms with Gasteiger partial charge in [0.05, 0.1) is 5.41 Å². The largest absolute Gasteiger partial charge is 0.355 e. The van der Waals surface area contributed by atoms with Crippen LogP contribution in [0, 0.1) is 16.7 Å². The number of nitrogens with one attached hydrogen (secondary N) is 1. The molecule has 112 valence electrons. The molecule has 3 atom stereocenters. The second-order valence-electron chi connectivity index (χ2n) is 7.65. The van der Waals surface area contributed by atoms with Gasteiger partial charge in [0.1, 0.15) is 0 Å². The predicted octanol–water partition coefficient (Wildman–Crippen LogP) is 3.93. The van der Waals surface area contributed by atoms with E-state index in [9.17, 15) is 4.79 Å². The number of hydrogen-bond acceptors (Lipinski definition) is 2. The average Bonchev–Trinajstić information content (AvgIpc) is 2.88. The van der Waals surface area contributed by atoms with Crippen molar-refractivity contribution in [2.24, 2.45) is 16.7 Å². The van der Waals surface area contributed by atoms with Crippen molar-refractivity contribution in [1.82, 2.24) is 5.32 Å². The van der Waals surface area contributed by atoms with E-state index in [2.05, 4.69) is 35.8 Å². The van der Waals surface area contributed by atoms with Gasteiger partial charge in [-0.2, -0.15) is 0 Å². The van der Waals surface area contributed by atoms with E-state index in [1.54, 1.807) is 16.9 Å². The Labute approximate surface area is 130 Å². The molecule has 0 aromatic carbocycles. The van der Waals surface area contributed by atoms with Gasteiger partial charge in [-0.3, -0.25) is 4.79 Å². The van der Waals surface area contributed by atoms with Crippen LogP contribution >= 0.6 is 11.3 Å². The first kappa shape index (κ1) is 13.6. The van der Waals surface area contributed by atoms with Crippen LogP contribution in [-0.4, -0.2) is 12.5 Å². The third-order valence-electron chi connectivity index (χ3n) is 5.56. The van der Waals surface area contributed by atoms with E-state index in [-0.39, 0.29) is 5.41 Å². The van der Waals surface area contributed by atoms with Crippen LogP contribution in [0.4, 0.5) is 0 Å². The molecule has 1 amide bonds. The van der Waals surface area contributed by atoms with Crippen molar-refractivity contribution in [3.05, 3.63) is 34.0 Å². The summed E-state index contributed by atoms with van der Waals surface area (Å²) < 4.78 is 0. The fourth-order valence-corrected chi connectivity index (χ4v) is 5.97. The van der Waals surface area contributed by atoms with E-state index in [1.165, 1.54) is 17.7 Å². The molecule has 2 saturated carbocycles. The number of thiophene rings is 1. The van der Waals surface area contributed by atoms with Crippen molar-refractivity contribution in [2.75, 3.05) is 6.54 Å². The zero-order valence-electron chi connectivity index (χ0n) is 12.7. The van der Waals surface area contributed by atoms with E-state index in [1.807, 2.05) is 0 Å². The summed E-state index contributed by atoms with van der Waals surface area (Å²) in [6, 6.07) is 4.22. The first-order chi connectivity index (χ1) is 10.1. The minimum Gasteiger partial charge on any atom is -0.355 e. The lowest BCUT2D eigenvalue weighted by atomic mass is 9.48. The second kappa shape index (κ2) is 4.70. The Kier molecular flexibility index (Phi) is 3.04. The average molecular weight is 301 g/mol. The Morgan fingerprint density at radius 2 is 2.38 bits per heavy atom. The molecule has 2 fully saturated rings. The van der Waals surface area contributed by atoms with Crippen LogP contribution in [-0.2, 0) is 11.2 Å². The smallest absolute Gasteiger partial charge is 0.226 e. The minimum absolute atomic E-state index is 0.0878. The van der Waals surface area contributed by atoms with Gasteiger partial charge in [-0.15, -0.1) is 11.3 Å². The highest BCUT2D eigenvalue weighted by molar-refractivity contribution is 7.09. The fourth-order valence-electron chi connectivity index (χ4n) is 5.27. The maximum atomic E-state index is 12.8. The number of carbonyl (C=O) groups excluding carboxylic acids is 1. The molecule has 3 unspecified atom stereocenters. The lowest BCUT2D eigenvalue weighted by Crippen LogP contribution is -2.53. The lowest BCUT2D eigenvalue weighted by Gasteiger charge is -2.56. The SMILES string of the molecule is CC12C=C3CC(C1)CC(C(=O)NCCc1cccs1)(C3)C2. The lowest BCUT2D eigenvalue weighted by molar-refractivity contribution is -0.139. The Morgan fingerprint density at radius 3 is 3.10 bits per heavy atom. The molecule has 1 aromatic heterocycles. The molecule has 4 aliphatic rings. The molecule has 0 radical (unpaired) electrons. The van der Waals surface area contributed by atoms with E-state index in [0.29, 0.717) is 11.3 Å². The van der Waals surface area contributed by atoms with Crippen molar-refractivity contribution < 1.29 is 4.79 Å². The van der Waals surface area contributed by atoms with Crippen molar-refractivity contribution in [3.63, 3.8) is 0 Å². The number of carbonyl (C=O) groups is 1. The summed E-state index contributed by atoms with van der Waals surface area (Å²) in [5, 5.41) is 5.34. The van der Waals surface area contributed by atoms with Gasteiger partial charge < -0.3 is 5.32 Å². The van der Waals surface area contributed by atoms with Gasteiger partial charge in [0.15, 0.2) is 0 Å². The predicted molar refractivity (Wildman–Crippen MR) is 86.2 cm³/mol. The van der Waals surface area contributed by atoms with E-state index < -0.39 is 0 Å². The van der Waals surface area contributed by atoms with Crippen molar-refractivity contribution in [2.45, 2.75) is 45.4 Å². The molecule has 21 heavy (non-hydrogen) atoms. The molecule has 0 spiro atoms. The maximum Gasteiger partial charge on any atom is 0.226 e. The third kappa shape index (κ3) is 2.36. The Morgan fingerprint density at radius 1 is 1.48 bits per heavy atom. The minimum atomic E-state index is -0.0878. The first-order valence-electron chi connectivity index (χ1n) is 8.08. The molecule has 2 nitrogen and oxygen atoms in total. The Hall–Kier alpha value is -1.09. The molecule has 1 N–H and O–H groups in total. The normalized spacial score (nSPS) is 36.6. The van der Waals surface area contributed by atoms with Gasteiger partial charge in [-0.25, -0.2) is 0 Å². The molecule has 1 heterocycles. The van der Waals surface area contributed by atoms with Crippen LogP contribution in [0.1, 0.15) is 43.9 Å². The van der Waals surface area contributed by atoms with Crippen LogP contribution in [0.5, 0.6) is 0 Å². The summed E-state index contributed by atoms with van der Waals surface area (Å²) in [6.45, 7) is 3.13. The number of amides is 1. The molecule has 5 rings (SSSR count). The number of rotatable bonds is 4. The quantitative estimate of drug-likeness (QED) is 0.839. The molecule has 1 aromatic rings. The van der Waals surface area contributed by atoms with Crippen LogP contribution in [0.15, 0.2) is 29.2 Å². The summed E-state index contributed by atoms with van der Waals surface area (Å²) in [4.78, 5) is 14.2. The van der Waals surface area contributed by atoms with Crippen LogP contribution in [0.2, 0.25) is 0 Å². The van der Waals surface area contributed by atoms with E-state index >= 15 is 0 Å². The fraction of sp³-hybridized carbons (Fsp3) is 0.611. The first-order valence-corrected chi connectivity index (χ1v) is 8.96. The summed E-state index contributed by atoms with van der Waals surface area (Å²) >= 11 is 1.77. The second-order valence-corrected chi connectivity index (χ2v) is 8.69. The van der Waals surface area contributed by atoms with Crippen molar-refractivity contribution in [3.8, 4) is 0 Å². The topological polar surface area (TPSA) is 29.1 Å². The van der Waals surface area contributed by atoms with Gasteiger partial charge >= 0.3 is 0 Å². The molecular formula is C18H23NOS. The van der Waals surface area contributed by atoms with E-state index in [0.717, 1.165) is 38.1 Å². The van der Waals surface area contributed by atoms with Gasteiger partial charge in [0, 0.05) is 11.4 Å². The van der Waals surface area contributed by atoms with Crippen molar-refractivity contribution in [1.29, 1.82) is 0 Å². The van der Waals surface area contributed by atoms with E-state index in [4.69, 9.17) is 0 Å². The molecule has 3 heteroatoms. The van der Waals surface area contributed by atoms with Crippen LogP contribution < -0.4 is 5.32 Å². The highest BCUT2D eigenvalue weighted by Gasteiger charge is 2.55. The highest BCUT2D eigenvalue weighted by Crippen LogP contribution is 2.62. The van der Waals surface area contributed by atoms with Gasteiger partial charge in [0.2, 0.25) is 5.91 Å². The summed E-state index contributed by atoms with van der Waals surface area (Å²) in [7, 11) is 0. The standard InChI is InChI=1S/C18H23NOS/c1-17-8-13-7-14(9-17)11-18(10-13,12-17)16(20)19-5-4-15-3-2-6-21-15/h2-3,6,8,14H,4-5,7,9-12H2,1H3,(H,19,20). The molecule has 4 bridgehead atoms. The Balaban J connectivity index is 1.44. The van der Waals surface area contributed by atoms with Crippen LogP contribution in [0.25, 0.3) is 0 Å². The van der Waals surface area contributed by atoms with Gasteiger partial charge in [-0.1, -0.05) is 24.6 Å². The van der Waals surface area contributed by atoms with Crippen molar-refractivity contribution >= 4 is 17.2 Å². The summed E-state index contributed by atoms with van der Waals surface area (Å²) in [5.74, 6) is 1.07. The summed E-state index contributed by atoms with van der Waals surface area (Å²) in [6.07, 6.45) is 9.18. The maximum absolute atomic E-state index is 12.8. The summed E-state index contributed by atoms with van der Waals surface area (Å²) in [5.41, 5.74) is 1.76. The Bertz CT molecular complexity index is 590. The van der Waals surface area contributed by atoms with Gasteiger partial charge in [0.25, 0.3) is 0 Å². The van der Waals surface area contributed by atoms with Gasteiger partial charge in [-0.05, 0) is 61.3 Å². The molecule has 4 aliphatic carbocycles. The third-order valence-corrected chi connectivity index (χ3v) is 6.50. The number of hydrogen-bond donors (Lipinski definition) is 1. The monoisotopic (exact) mass is 301 g/mol. The highest BCUT2D eigenvalue weighted by atomic mass is 32.1. The molecular weight excluding hydrogens is 278 g/mol. The number of allylic oxidation sites excluding steroid dienone is 2.